The molecule has 0 amide bonds. The van der Waals surface area contributed by atoms with Crippen LogP contribution in [-0.2, 0) is 6.18 Å². The van der Waals surface area contributed by atoms with Gasteiger partial charge in [-0.05, 0) is 60.7 Å². The predicted octanol–water partition coefficient (Wildman–Crippen LogP) is 6.57. The number of hydrogen-bond acceptors (Lipinski definition) is 5. The van der Waals surface area contributed by atoms with E-state index < -0.39 is 11.7 Å². The molecular weight excluding hydrogens is 431 g/mol. The summed E-state index contributed by atoms with van der Waals surface area (Å²) in [6.45, 7) is 0. The third-order valence-electron chi connectivity index (χ3n) is 4.90. The zero-order chi connectivity index (χ0) is 22.8. The fourth-order valence-electron chi connectivity index (χ4n) is 3.32. The summed E-state index contributed by atoms with van der Waals surface area (Å²) in [5, 5.41) is 10.5. The van der Waals surface area contributed by atoms with Crippen molar-refractivity contribution in [3.8, 4) is 22.9 Å². The Kier molecular flexibility index (Phi) is 5.14. The average molecular weight is 447 g/mol. The minimum Gasteiger partial charge on any atom is -0.457 e. The van der Waals surface area contributed by atoms with Crippen molar-refractivity contribution in [3.05, 3.63) is 90.6 Å². The molecule has 0 radical (unpaired) electrons. The minimum atomic E-state index is -4.42. The lowest BCUT2D eigenvalue weighted by Gasteiger charge is -2.09. The van der Waals surface area contributed by atoms with Gasteiger partial charge in [-0.15, -0.1) is 5.10 Å². The van der Waals surface area contributed by atoms with Gasteiger partial charge in [0.15, 0.2) is 5.82 Å². The van der Waals surface area contributed by atoms with Crippen molar-refractivity contribution in [3.63, 3.8) is 0 Å². The molecule has 3 aromatic carbocycles. The summed E-state index contributed by atoms with van der Waals surface area (Å²) < 4.78 is 44.7. The minimum absolute atomic E-state index is 0.160. The number of H-pyrrole nitrogens is 1. The van der Waals surface area contributed by atoms with Gasteiger partial charge in [0.2, 0.25) is 5.95 Å². The second-order valence-electron chi connectivity index (χ2n) is 7.16. The lowest BCUT2D eigenvalue weighted by atomic mass is 10.2. The van der Waals surface area contributed by atoms with Gasteiger partial charge in [-0.1, -0.05) is 18.2 Å². The number of ether oxygens (including phenoxy) is 1. The van der Waals surface area contributed by atoms with E-state index >= 15 is 0 Å². The number of pyridine rings is 1. The molecule has 0 bridgehead atoms. The summed E-state index contributed by atoms with van der Waals surface area (Å²) >= 11 is 0. The van der Waals surface area contributed by atoms with Crippen LogP contribution in [0.3, 0.4) is 0 Å². The maximum absolute atomic E-state index is 12.9. The molecule has 0 spiro atoms. The highest BCUT2D eigenvalue weighted by atomic mass is 19.4. The van der Waals surface area contributed by atoms with E-state index in [9.17, 15) is 13.2 Å². The molecule has 0 aliphatic heterocycles. The number of para-hydroxylation sites is 1. The Morgan fingerprint density at radius 1 is 0.879 bits per heavy atom. The SMILES string of the molecule is FC(F)(F)c1cccc(Nc2n[nH]c(-c3ccc(Oc4ccnc5ccccc45)cc3)n2)c1. The van der Waals surface area contributed by atoms with Crippen LogP contribution in [0.15, 0.2) is 85.1 Å². The molecule has 0 saturated heterocycles. The van der Waals surface area contributed by atoms with Crippen LogP contribution in [-0.4, -0.2) is 20.2 Å². The zero-order valence-electron chi connectivity index (χ0n) is 17.0. The van der Waals surface area contributed by atoms with E-state index in [0.717, 1.165) is 28.6 Å². The van der Waals surface area contributed by atoms with Gasteiger partial charge in [0, 0.05) is 22.8 Å². The van der Waals surface area contributed by atoms with Crippen molar-refractivity contribution in [2.45, 2.75) is 6.18 Å². The molecule has 5 aromatic rings. The maximum atomic E-state index is 12.9. The van der Waals surface area contributed by atoms with E-state index in [1.807, 2.05) is 36.4 Å². The van der Waals surface area contributed by atoms with Gasteiger partial charge in [0.05, 0.1) is 11.1 Å². The summed E-state index contributed by atoms with van der Waals surface area (Å²) in [7, 11) is 0. The molecule has 2 heterocycles. The number of hydrogen-bond donors (Lipinski definition) is 2. The quantitative estimate of drug-likeness (QED) is 0.319. The Morgan fingerprint density at radius 3 is 2.52 bits per heavy atom. The summed E-state index contributed by atoms with van der Waals surface area (Å²) in [5.74, 6) is 1.95. The lowest BCUT2D eigenvalue weighted by molar-refractivity contribution is -0.137. The third kappa shape index (κ3) is 4.47. The molecule has 6 nitrogen and oxygen atoms in total. The van der Waals surface area contributed by atoms with Crippen LogP contribution < -0.4 is 10.1 Å². The first-order chi connectivity index (χ1) is 16.0. The van der Waals surface area contributed by atoms with Crippen molar-refractivity contribution >= 4 is 22.5 Å². The van der Waals surface area contributed by atoms with E-state index in [-0.39, 0.29) is 11.6 Å². The van der Waals surface area contributed by atoms with Crippen molar-refractivity contribution < 1.29 is 17.9 Å². The molecule has 2 N–H and O–H groups in total. The Morgan fingerprint density at radius 2 is 1.70 bits per heavy atom. The summed E-state index contributed by atoms with van der Waals surface area (Å²) in [6, 6.07) is 21.6. The number of rotatable bonds is 5. The third-order valence-corrected chi connectivity index (χ3v) is 4.90. The van der Waals surface area contributed by atoms with E-state index in [2.05, 4.69) is 25.5 Å². The highest BCUT2D eigenvalue weighted by molar-refractivity contribution is 5.84. The highest BCUT2D eigenvalue weighted by Crippen LogP contribution is 2.32. The largest absolute Gasteiger partial charge is 0.457 e. The number of halogens is 3. The van der Waals surface area contributed by atoms with Gasteiger partial charge in [0.25, 0.3) is 0 Å². The smallest absolute Gasteiger partial charge is 0.416 e. The molecule has 2 aromatic heterocycles. The first kappa shape index (κ1) is 20.5. The molecule has 0 aliphatic rings. The van der Waals surface area contributed by atoms with Crippen molar-refractivity contribution in [1.82, 2.24) is 20.2 Å². The molecular formula is C24H16F3N5O. The Labute approximate surface area is 186 Å². The van der Waals surface area contributed by atoms with Crippen LogP contribution in [0.4, 0.5) is 24.8 Å². The number of anilines is 2. The molecule has 9 heteroatoms. The first-order valence-electron chi connectivity index (χ1n) is 9.94. The zero-order valence-corrected chi connectivity index (χ0v) is 17.0. The Balaban J connectivity index is 1.31. The van der Waals surface area contributed by atoms with Crippen LogP contribution in [0.25, 0.3) is 22.3 Å². The van der Waals surface area contributed by atoms with Crippen LogP contribution >= 0.6 is 0 Å². The standard InChI is InChI=1S/C24H16F3N5O/c25-24(26,27)16-4-3-5-17(14-16)29-23-30-22(31-32-23)15-8-10-18(11-9-15)33-21-12-13-28-20-7-2-1-6-19(20)21/h1-14H,(H2,29,30,31,32). The van der Waals surface area contributed by atoms with Crippen LogP contribution in [0.5, 0.6) is 11.5 Å². The van der Waals surface area contributed by atoms with Crippen molar-refractivity contribution in [2.75, 3.05) is 5.32 Å². The second kappa shape index (κ2) is 8.27. The Bertz CT molecular complexity index is 1410. The topological polar surface area (TPSA) is 75.7 Å². The molecule has 0 atom stereocenters. The van der Waals surface area contributed by atoms with Crippen molar-refractivity contribution in [1.29, 1.82) is 0 Å². The normalized spacial score (nSPS) is 11.5. The highest BCUT2D eigenvalue weighted by Gasteiger charge is 2.30. The number of alkyl halides is 3. The van der Waals surface area contributed by atoms with Gasteiger partial charge in [0.1, 0.15) is 11.5 Å². The van der Waals surface area contributed by atoms with Gasteiger partial charge >= 0.3 is 6.18 Å². The summed E-state index contributed by atoms with van der Waals surface area (Å²) in [4.78, 5) is 8.64. The summed E-state index contributed by atoms with van der Waals surface area (Å²) in [5.41, 5.74) is 1.07. The molecule has 0 aliphatic carbocycles. The molecule has 0 unspecified atom stereocenters. The number of nitrogens with one attached hydrogen (secondary N) is 2. The Hall–Kier alpha value is -4.40. The lowest BCUT2D eigenvalue weighted by Crippen LogP contribution is -2.05. The predicted molar refractivity (Wildman–Crippen MR) is 118 cm³/mol. The number of aromatic nitrogens is 4. The molecule has 0 saturated carbocycles. The van der Waals surface area contributed by atoms with Crippen LogP contribution in [0.2, 0.25) is 0 Å². The molecule has 0 fully saturated rings. The second-order valence-corrected chi connectivity index (χ2v) is 7.16. The monoisotopic (exact) mass is 447 g/mol. The maximum Gasteiger partial charge on any atom is 0.416 e. The summed E-state index contributed by atoms with van der Waals surface area (Å²) in [6.07, 6.45) is -2.73. The van der Waals surface area contributed by atoms with Crippen LogP contribution in [0.1, 0.15) is 5.56 Å². The van der Waals surface area contributed by atoms with Crippen LogP contribution in [0, 0.1) is 0 Å². The number of benzene rings is 3. The number of fused-ring (bicyclic) bond motifs is 1. The number of aromatic amines is 1. The fourth-order valence-corrected chi connectivity index (χ4v) is 3.32. The van der Waals surface area contributed by atoms with Gasteiger partial charge in [-0.2, -0.15) is 18.2 Å². The molecule has 5 rings (SSSR count). The fraction of sp³-hybridized carbons (Fsp3) is 0.0417. The van der Waals surface area contributed by atoms with Gasteiger partial charge < -0.3 is 10.1 Å². The molecule has 33 heavy (non-hydrogen) atoms. The van der Waals surface area contributed by atoms with Gasteiger partial charge in [-0.3, -0.25) is 10.1 Å². The van der Waals surface area contributed by atoms with Gasteiger partial charge in [-0.25, -0.2) is 0 Å². The van der Waals surface area contributed by atoms with E-state index in [1.165, 1.54) is 12.1 Å². The van der Waals surface area contributed by atoms with E-state index in [0.29, 0.717) is 17.3 Å². The number of nitrogens with zero attached hydrogens (tertiary/aromatic N) is 3. The average Bonchev–Trinajstić information content (AvgIpc) is 3.28. The first-order valence-corrected chi connectivity index (χ1v) is 9.94. The molecule has 164 valence electrons. The van der Waals surface area contributed by atoms with E-state index in [4.69, 9.17) is 4.74 Å². The van der Waals surface area contributed by atoms with Crippen molar-refractivity contribution in [2.24, 2.45) is 0 Å². The van der Waals surface area contributed by atoms with E-state index in [1.54, 1.807) is 24.4 Å².